The number of likely N-dealkylation sites (N-methyl/N-ethyl adjacent to an activating group) is 1. The molecule has 64 heavy (non-hydrogen) atoms. The number of aromatic nitrogens is 3. The number of aryl methyl sites for hydroxylation is 1. The number of likely N-dealkylation sites (tertiary alicyclic amines) is 1. The number of pyridine rings is 1. The predicted molar refractivity (Wildman–Crippen MR) is 237 cm³/mol. The minimum atomic E-state index is -1.01. The molecule has 2 aromatic heterocycles. The molecule has 0 bridgehead atoms. The Hall–Kier alpha value is -6.14. The normalized spacial score (nSPS) is 22.5. The van der Waals surface area contributed by atoms with Crippen LogP contribution in [0.15, 0.2) is 61.3 Å². The third kappa shape index (κ3) is 7.39. The molecule has 3 saturated heterocycles. The van der Waals surface area contributed by atoms with E-state index in [0.717, 1.165) is 56.6 Å². The maximum atomic E-state index is 15.4. The van der Waals surface area contributed by atoms with Crippen LogP contribution in [0.2, 0.25) is 0 Å². The fraction of sp³-hybridized carbons (Fsp3) is 0.426. The lowest BCUT2D eigenvalue weighted by Crippen LogP contribution is -2.70. The monoisotopic (exact) mass is 869 g/mol. The van der Waals surface area contributed by atoms with Crippen molar-refractivity contribution in [1.29, 1.82) is 0 Å². The average molecular weight is 870 g/mol. The second kappa shape index (κ2) is 16.4. The van der Waals surface area contributed by atoms with Gasteiger partial charge in [-0.1, -0.05) is 25.1 Å². The van der Waals surface area contributed by atoms with Crippen molar-refractivity contribution in [3.8, 4) is 0 Å². The summed E-state index contributed by atoms with van der Waals surface area (Å²) in [5.74, 6) is -0.425. The highest BCUT2D eigenvalue weighted by Crippen LogP contribution is 2.41. The summed E-state index contributed by atoms with van der Waals surface area (Å²) in [6.07, 6.45) is 7.25. The van der Waals surface area contributed by atoms with Crippen molar-refractivity contribution in [2.24, 2.45) is 0 Å². The van der Waals surface area contributed by atoms with E-state index >= 15 is 4.39 Å². The van der Waals surface area contributed by atoms with Crippen molar-refractivity contribution >= 4 is 53.0 Å². The minimum absolute atomic E-state index is 0.171. The van der Waals surface area contributed by atoms with E-state index in [-0.39, 0.29) is 42.3 Å². The number of halogens is 1. The number of carbonyl (C=O) groups excluding carboxylic acids is 4. The van der Waals surface area contributed by atoms with Crippen molar-refractivity contribution in [3.63, 3.8) is 0 Å². The van der Waals surface area contributed by atoms with Crippen LogP contribution in [0, 0.1) is 5.82 Å². The van der Waals surface area contributed by atoms with Crippen LogP contribution in [0.4, 0.5) is 33.3 Å². The Balaban J connectivity index is 0.757. The zero-order chi connectivity index (χ0) is 44.4. The molecule has 0 spiro atoms. The van der Waals surface area contributed by atoms with Crippen LogP contribution in [0.5, 0.6) is 0 Å². The van der Waals surface area contributed by atoms with Crippen LogP contribution in [0.3, 0.4) is 0 Å². The predicted octanol–water partition coefficient (Wildman–Crippen LogP) is 3.97. The molecule has 2 aromatic carbocycles. The smallest absolute Gasteiger partial charge is 0.255 e. The quantitative estimate of drug-likeness (QED) is 0.0764. The first-order chi connectivity index (χ1) is 30.9. The number of hydrogen-bond acceptors (Lipinski definition) is 14. The van der Waals surface area contributed by atoms with E-state index in [9.17, 15) is 24.3 Å². The van der Waals surface area contributed by atoms with E-state index in [4.69, 9.17) is 9.97 Å². The number of anilines is 5. The zero-order valence-electron chi connectivity index (χ0n) is 36.1. The molecule has 332 valence electrons. The molecule has 0 radical (unpaired) electrons. The molecule has 6 aliphatic rings. The summed E-state index contributed by atoms with van der Waals surface area (Å²) in [5.41, 5.74) is 5.80. The van der Waals surface area contributed by atoms with E-state index < -0.39 is 23.4 Å². The number of aliphatic hydroxyl groups is 1. The van der Waals surface area contributed by atoms with Crippen LogP contribution < -0.4 is 20.5 Å². The first kappa shape index (κ1) is 41.8. The van der Waals surface area contributed by atoms with Gasteiger partial charge in [-0.25, -0.2) is 24.4 Å². The number of aldehydes is 1. The molecule has 17 heteroatoms. The van der Waals surface area contributed by atoms with Crippen molar-refractivity contribution in [3.05, 3.63) is 106 Å². The van der Waals surface area contributed by atoms with Gasteiger partial charge in [-0.3, -0.25) is 34.3 Å². The molecule has 3 N–H and O–H groups in total. The van der Waals surface area contributed by atoms with Crippen molar-refractivity contribution in [1.82, 2.24) is 40.0 Å². The van der Waals surface area contributed by atoms with Crippen molar-refractivity contribution in [2.45, 2.75) is 82.3 Å². The summed E-state index contributed by atoms with van der Waals surface area (Å²) in [6, 6.07) is 13.3. The number of amides is 3. The summed E-state index contributed by atoms with van der Waals surface area (Å²) < 4.78 is 15.4. The molecule has 2 unspecified atom stereocenters. The second-order valence-electron chi connectivity index (χ2n) is 17.9. The largest absolute Gasteiger partial charge is 0.384 e. The van der Waals surface area contributed by atoms with E-state index in [2.05, 4.69) is 44.1 Å². The van der Waals surface area contributed by atoms with E-state index in [1.807, 2.05) is 42.1 Å². The molecule has 3 amide bonds. The molecular formula is C47H52FN11O5. The number of nitrogens with zero attached hydrogens (tertiary/aromatic N) is 9. The Labute approximate surface area is 370 Å². The molecule has 4 aromatic rings. The lowest BCUT2D eigenvalue weighted by atomic mass is 9.93. The number of rotatable bonds is 13. The van der Waals surface area contributed by atoms with Gasteiger partial charge in [0.25, 0.3) is 5.91 Å². The minimum Gasteiger partial charge on any atom is -0.384 e. The molecule has 7 heterocycles. The Morgan fingerprint density at radius 1 is 0.969 bits per heavy atom. The third-order valence-electron chi connectivity index (χ3n) is 14.1. The Morgan fingerprint density at radius 2 is 1.77 bits per heavy atom. The maximum absolute atomic E-state index is 15.4. The van der Waals surface area contributed by atoms with Gasteiger partial charge in [0.15, 0.2) is 12.1 Å². The fourth-order valence-corrected chi connectivity index (χ4v) is 10.2. The summed E-state index contributed by atoms with van der Waals surface area (Å²) in [7, 11) is 1.87. The van der Waals surface area contributed by atoms with E-state index in [1.54, 1.807) is 17.2 Å². The molecule has 16 nitrogen and oxygen atoms in total. The number of hydrazine groups is 1. The van der Waals surface area contributed by atoms with Gasteiger partial charge < -0.3 is 20.2 Å². The highest BCUT2D eigenvalue weighted by Gasteiger charge is 2.44. The van der Waals surface area contributed by atoms with E-state index in [0.29, 0.717) is 79.1 Å². The number of imide groups is 1. The SMILES string of the molecule is C=CCN(C)N(c1ccc2c(n1)C(O)(CC)CC2)c1nc(Nc2ccc3c(c2)CCN(C2CN(C4CN(c5cc6c(cc5F)C(=O)N(C5CCC(=O)NC5=O)C6)C4)C2)C3)ncc1C=O. The number of fused-ring (bicyclic) bond motifs is 3. The van der Waals surface area contributed by atoms with Gasteiger partial charge in [-0.2, -0.15) is 4.98 Å². The first-order valence-electron chi connectivity index (χ1n) is 22.2. The molecule has 0 saturated carbocycles. The van der Waals surface area contributed by atoms with Gasteiger partial charge in [0, 0.05) is 95.4 Å². The van der Waals surface area contributed by atoms with Gasteiger partial charge in [0.2, 0.25) is 17.8 Å². The third-order valence-corrected chi connectivity index (χ3v) is 14.1. The van der Waals surface area contributed by atoms with Crippen molar-refractivity contribution < 1.29 is 28.7 Å². The number of nitrogens with one attached hydrogen (secondary N) is 2. The molecule has 5 aliphatic heterocycles. The van der Waals surface area contributed by atoms with Gasteiger partial charge in [0.05, 0.1) is 16.9 Å². The van der Waals surface area contributed by atoms with Gasteiger partial charge in [0.1, 0.15) is 23.3 Å². The molecule has 1 aliphatic carbocycles. The number of hydrogen-bond donors (Lipinski definition) is 3. The summed E-state index contributed by atoms with van der Waals surface area (Å²) in [6.45, 7) is 11.6. The fourth-order valence-electron chi connectivity index (χ4n) is 10.2. The number of piperidine rings is 1. The van der Waals surface area contributed by atoms with Crippen LogP contribution in [-0.4, -0.2) is 128 Å². The van der Waals surface area contributed by atoms with Gasteiger partial charge in [-0.05, 0) is 84.7 Å². The second-order valence-corrected chi connectivity index (χ2v) is 17.9. The standard InChI is InChI=1S/C47H52FN11O5/c1-4-15-54(3)59(40-10-7-28-12-14-47(64,5-2)42(28)51-40)43-32(27-60)20-49-46(53-43)50-33-8-6-30-21-55(16-13-29(30)17-33)34-23-56(24-34)35-25-57(26-35)39-18-31-22-58(45(63)36(31)19-37(39)48)38-9-11-41(61)52-44(38)62/h4,6-8,10,17-20,27,34-35,38,64H,1,5,9,11-16,21-26H2,2-3H3,(H,49,50,53)(H,52,61,62). The van der Waals surface area contributed by atoms with Gasteiger partial charge in [-0.15, -0.1) is 6.58 Å². The summed E-state index contributed by atoms with van der Waals surface area (Å²) in [4.78, 5) is 72.4. The number of benzene rings is 2. The lowest BCUT2D eigenvalue weighted by molar-refractivity contribution is -0.136. The van der Waals surface area contributed by atoms with Crippen molar-refractivity contribution in [2.75, 3.05) is 61.5 Å². The Bertz CT molecular complexity index is 2580. The van der Waals surface area contributed by atoms with Crippen LogP contribution >= 0.6 is 0 Å². The summed E-state index contributed by atoms with van der Waals surface area (Å²) >= 11 is 0. The average Bonchev–Trinajstić information content (AvgIpc) is 3.76. The molecular weight excluding hydrogens is 818 g/mol. The molecule has 10 rings (SSSR count). The van der Waals surface area contributed by atoms with E-state index in [1.165, 1.54) is 28.3 Å². The summed E-state index contributed by atoms with van der Waals surface area (Å²) in [5, 5.41) is 20.7. The molecule has 2 atom stereocenters. The first-order valence-corrected chi connectivity index (χ1v) is 22.2. The van der Waals surface area contributed by atoms with Gasteiger partial charge >= 0.3 is 0 Å². The Morgan fingerprint density at radius 3 is 2.53 bits per heavy atom. The lowest BCUT2D eigenvalue weighted by Gasteiger charge is -2.55. The zero-order valence-corrected chi connectivity index (χ0v) is 36.1. The Kier molecular flexibility index (Phi) is 10.8. The van der Waals surface area contributed by atoms with Crippen LogP contribution in [0.25, 0.3) is 0 Å². The topological polar surface area (TPSA) is 171 Å². The highest BCUT2D eigenvalue weighted by molar-refractivity contribution is 6.05. The molecule has 3 fully saturated rings. The maximum Gasteiger partial charge on any atom is 0.255 e. The highest BCUT2D eigenvalue weighted by atomic mass is 19.1. The number of carbonyl (C=O) groups is 4. The van der Waals surface area contributed by atoms with Crippen LogP contribution in [0.1, 0.15) is 81.3 Å². The van der Waals surface area contributed by atoms with Crippen LogP contribution in [-0.2, 0) is 41.1 Å².